The van der Waals surface area contributed by atoms with Crippen molar-refractivity contribution in [2.24, 2.45) is 0 Å². The van der Waals surface area contributed by atoms with E-state index in [1.54, 1.807) is 13.0 Å². The Balaban J connectivity index is 3.10. The molecule has 1 heterocycles. The SMILES string of the molecule is CCOc1cc(Br)cnc1C(=O)O. The zero-order valence-corrected chi connectivity index (χ0v) is 8.54. The molecule has 1 aromatic rings. The molecule has 1 rings (SSSR count). The van der Waals surface area contributed by atoms with Crippen LogP contribution in [-0.4, -0.2) is 22.7 Å². The molecule has 5 heteroatoms. The summed E-state index contributed by atoms with van der Waals surface area (Å²) in [5.74, 6) is -0.805. The second-order valence-electron chi connectivity index (χ2n) is 2.24. The number of rotatable bonds is 3. The Morgan fingerprint density at radius 2 is 2.46 bits per heavy atom. The first-order valence-corrected chi connectivity index (χ1v) is 4.46. The van der Waals surface area contributed by atoms with Crippen LogP contribution in [0.2, 0.25) is 0 Å². The van der Waals surface area contributed by atoms with Gasteiger partial charge in [0.15, 0.2) is 11.4 Å². The molecular weight excluding hydrogens is 238 g/mol. The summed E-state index contributed by atoms with van der Waals surface area (Å²) >= 11 is 3.18. The average Bonchev–Trinajstić information content (AvgIpc) is 2.04. The molecule has 13 heavy (non-hydrogen) atoms. The lowest BCUT2D eigenvalue weighted by atomic mass is 10.3. The summed E-state index contributed by atoms with van der Waals surface area (Å²) in [6.07, 6.45) is 1.42. The molecule has 0 aromatic carbocycles. The number of carbonyl (C=O) groups is 1. The van der Waals surface area contributed by atoms with Gasteiger partial charge in [-0.3, -0.25) is 0 Å². The predicted molar refractivity (Wildman–Crippen MR) is 50.1 cm³/mol. The third kappa shape index (κ3) is 2.42. The van der Waals surface area contributed by atoms with Gasteiger partial charge in [-0.25, -0.2) is 9.78 Å². The van der Waals surface area contributed by atoms with E-state index in [-0.39, 0.29) is 11.4 Å². The fourth-order valence-electron chi connectivity index (χ4n) is 0.847. The van der Waals surface area contributed by atoms with E-state index in [2.05, 4.69) is 20.9 Å². The molecule has 0 radical (unpaired) electrons. The molecule has 0 bridgehead atoms. The molecule has 0 amide bonds. The van der Waals surface area contributed by atoms with Crippen molar-refractivity contribution < 1.29 is 14.6 Å². The van der Waals surface area contributed by atoms with Gasteiger partial charge >= 0.3 is 5.97 Å². The van der Waals surface area contributed by atoms with E-state index in [1.807, 2.05) is 0 Å². The van der Waals surface area contributed by atoms with Crippen LogP contribution >= 0.6 is 15.9 Å². The van der Waals surface area contributed by atoms with E-state index in [0.717, 1.165) is 0 Å². The number of aromatic carboxylic acids is 1. The molecule has 0 fully saturated rings. The van der Waals surface area contributed by atoms with Gasteiger partial charge in [-0.15, -0.1) is 0 Å². The van der Waals surface area contributed by atoms with Gasteiger partial charge in [0.1, 0.15) is 0 Å². The van der Waals surface area contributed by atoms with Gasteiger partial charge in [-0.05, 0) is 28.9 Å². The highest BCUT2D eigenvalue weighted by atomic mass is 79.9. The van der Waals surface area contributed by atoms with Gasteiger partial charge in [0.25, 0.3) is 0 Å². The first-order valence-electron chi connectivity index (χ1n) is 3.66. The molecule has 70 valence electrons. The summed E-state index contributed by atoms with van der Waals surface area (Å²) in [6.45, 7) is 2.20. The van der Waals surface area contributed by atoms with Crippen LogP contribution in [0.5, 0.6) is 5.75 Å². The Kier molecular flexibility index (Phi) is 3.25. The number of nitrogens with zero attached hydrogens (tertiary/aromatic N) is 1. The maximum atomic E-state index is 10.7. The van der Waals surface area contributed by atoms with Crippen LogP contribution in [0, 0.1) is 0 Å². The minimum absolute atomic E-state index is 0.0648. The molecule has 0 unspecified atom stereocenters. The number of ether oxygens (including phenoxy) is 1. The van der Waals surface area contributed by atoms with Crippen molar-refractivity contribution in [2.75, 3.05) is 6.61 Å². The molecule has 0 spiro atoms. The van der Waals surface area contributed by atoms with Crippen molar-refractivity contribution in [2.45, 2.75) is 6.92 Å². The van der Waals surface area contributed by atoms with Crippen LogP contribution in [0.3, 0.4) is 0 Å². The lowest BCUT2D eigenvalue weighted by Crippen LogP contribution is -2.05. The standard InChI is InChI=1S/C8H8BrNO3/c1-2-13-6-3-5(9)4-10-7(6)8(11)12/h3-4H,2H2,1H3,(H,11,12). The summed E-state index contributed by atoms with van der Waals surface area (Å²) in [6, 6.07) is 1.58. The monoisotopic (exact) mass is 245 g/mol. The molecule has 0 saturated carbocycles. The maximum Gasteiger partial charge on any atom is 0.358 e. The Hall–Kier alpha value is -1.10. The number of carboxylic acids is 1. The summed E-state index contributed by atoms with van der Waals surface area (Å²) in [5.41, 5.74) is -0.0648. The van der Waals surface area contributed by atoms with Gasteiger partial charge in [-0.2, -0.15) is 0 Å². The largest absolute Gasteiger partial charge is 0.491 e. The Labute approximate surface area is 83.7 Å². The highest BCUT2D eigenvalue weighted by Crippen LogP contribution is 2.21. The van der Waals surface area contributed by atoms with E-state index in [4.69, 9.17) is 9.84 Å². The minimum Gasteiger partial charge on any atom is -0.491 e. The lowest BCUT2D eigenvalue weighted by Gasteiger charge is -2.05. The zero-order chi connectivity index (χ0) is 9.84. The fraction of sp³-hybridized carbons (Fsp3) is 0.250. The highest BCUT2D eigenvalue weighted by Gasteiger charge is 2.12. The van der Waals surface area contributed by atoms with Crippen LogP contribution < -0.4 is 4.74 Å². The van der Waals surface area contributed by atoms with Crippen molar-refractivity contribution in [3.05, 3.63) is 22.4 Å². The quantitative estimate of drug-likeness (QED) is 0.885. The number of aromatic nitrogens is 1. The third-order valence-electron chi connectivity index (χ3n) is 1.32. The molecular formula is C8H8BrNO3. The number of carboxylic acid groups (broad SMARTS) is 1. The van der Waals surface area contributed by atoms with Gasteiger partial charge < -0.3 is 9.84 Å². The Bertz CT molecular complexity index is 327. The number of hydrogen-bond donors (Lipinski definition) is 1. The van der Waals surface area contributed by atoms with Crippen LogP contribution in [-0.2, 0) is 0 Å². The molecule has 0 aliphatic heterocycles. The highest BCUT2D eigenvalue weighted by molar-refractivity contribution is 9.10. The van der Waals surface area contributed by atoms with Crippen molar-refractivity contribution in [3.63, 3.8) is 0 Å². The Morgan fingerprint density at radius 1 is 1.77 bits per heavy atom. The van der Waals surface area contributed by atoms with Crippen molar-refractivity contribution >= 4 is 21.9 Å². The summed E-state index contributed by atoms with van der Waals surface area (Å²) in [5, 5.41) is 8.73. The Morgan fingerprint density at radius 3 is 3.00 bits per heavy atom. The number of halogens is 1. The molecule has 1 N–H and O–H groups in total. The van der Waals surface area contributed by atoms with Gasteiger partial charge in [0.05, 0.1) is 6.61 Å². The van der Waals surface area contributed by atoms with E-state index in [9.17, 15) is 4.79 Å². The van der Waals surface area contributed by atoms with E-state index in [1.165, 1.54) is 6.20 Å². The zero-order valence-electron chi connectivity index (χ0n) is 6.95. The molecule has 0 aliphatic carbocycles. The maximum absolute atomic E-state index is 10.7. The smallest absolute Gasteiger partial charge is 0.358 e. The number of pyridine rings is 1. The topological polar surface area (TPSA) is 59.4 Å². The average molecular weight is 246 g/mol. The van der Waals surface area contributed by atoms with Crippen LogP contribution in [0.1, 0.15) is 17.4 Å². The van der Waals surface area contributed by atoms with Crippen molar-refractivity contribution in [1.29, 1.82) is 0 Å². The summed E-state index contributed by atoms with van der Waals surface area (Å²) in [4.78, 5) is 14.4. The van der Waals surface area contributed by atoms with E-state index in [0.29, 0.717) is 11.1 Å². The number of hydrogen-bond acceptors (Lipinski definition) is 3. The van der Waals surface area contributed by atoms with Crippen molar-refractivity contribution in [1.82, 2.24) is 4.98 Å². The summed E-state index contributed by atoms with van der Waals surface area (Å²) in [7, 11) is 0. The third-order valence-corrected chi connectivity index (χ3v) is 1.76. The molecule has 0 saturated heterocycles. The lowest BCUT2D eigenvalue weighted by molar-refractivity contribution is 0.0685. The fourth-order valence-corrected chi connectivity index (χ4v) is 1.16. The summed E-state index contributed by atoms with van der Waals surface area (Å²) < 4.78 is 5.80. The van der Waals surface area contributed by atoms with E-state index >= 15 is 0 Å². The van der Waals surface area contributed by atoms with Crippen molar-refractivity contribution in [3.8, 4) is 5.75 Å². The second kappa shape index (κ2) is 4.23. The molecule has 0 atom stereocenters. The predicted octanol–water partition coefficient (Wildman–Crippen LogP) is 1.94. The van der Waals surface area contributed by atoms with Gasteiger partial charge in [0, 0.05) is 10.7 Å². The second-order valence-corrected chi connectivity index (χ2v) is 3.15. The molecule has 4 nitrogen and oxygen atoms in total. The van der Waals surface area contributed by atoms with E-state index < -0.39 is 5.97 Å². The minimum atomic E-state index is -1.09. The van der Waals surface area contributed by atoms with Crippen LogP contribution in [0.25, 0.3) is 0 Å². The van der Waals surface area contributed by atoms with Gasteiger partial charge in [0.2, 0.25) is 0 Å². The van der Waals surface area contributed by atoms with Crippen LogP contribution in [0.4, 0.5) is 0 Å². The van der Waals surface area contributed by atoms with Crippen LogP contribution in [0.15, 0.2) is 16.7 Å². The molecule has 1 aromatic heterocycles. The first-order chi connectivity index (χ1) is 6.15. The first kappa shape index (κ1) is 9.98. The normalized spacial score (nSPS) is 9.69. The molecule has 0 aliphatic rings. The van der Waals surface area contributed by atoms with Gasteiger partial charge in [-0.1, -0.05) is 0 Å².